The van der Waals surface area contributed by atoms with Gasteiger partial charge < -0.3 is 10.4 Å². The lowest BCUT2D eigenvalue weighted by Crippen LogP contribution is -2.09. The second-order valence-corrected chi connectivity index (χ2v) is 4.23. The van der Waals surface area contributed by atoms with E-state index in [0.29, 0.717) is 17.0 Å². The maximum Gasteiger partial charge on any atom is 0.346 e. The largest absolute Gasteiger partial charge is 0.477 e. The number of hydrogen-bond donors (Lipinski definition) is 2. The molecule has 1 heterocycles. The lowest BCUT2D eigenvalue weighted by molar-refractivity contribution is -0.116. The molecule has 0 radical (unpaired) electrons. The molecule has 0 atom stereocenters. The third-order valence-electron chi connectivity index (χ3n) is 1.87. The minimum atomic E-state index is -0.980. The summed E-state index contributed by atoms with van der Waals surface area (Å²) in [7, 11) is 0. The van der Waals surface area contributed by atoms with Gasteiger partial charge in [-0.2, -0.15) is 0 Å². The summed E-state index contributed by atoms with van der Waals surface area (Å²) >= 11 is 1.05. The number of anilines is 1. The van der Waals surface area contributed by atoms with Crippen molar-refractivity contribution < 1.29 is 14.7 Å². The van der Waals surface area contributed by atoms with Crippen LogP contribution in [-0.2, 0) is 4.79 Å². The summed E-state index contributed by atoms with van der Waals surface area (Å²) in [6.45, 7) is 1.69. The Morgan fingerprint density at radius 1 is 1.62 bits per heavy atom. The molecule has 0 aliphatic carbocycles. The SMILES string of the molecule is C#CCCC(=O)Nc1cc(C)c(C(=O)O)s1. The van der Waals surface area contributed by atoms with Crippen LogP contribution in [0.25, 0.3) is 0 Å². The monoisotopic (exact) mass is 237 g/mol. The van der Waals surface area contributed by atoms with Gasteiger partial charge in [0.2, 0.25) is 5.91 Å². The van der Waals surface area contributed by atoms with Crippen molar-refractivity contribution in [3.8, 4) is 12.3 Å². The molecule has 1 aromatic heterocycles. The Hall–Kier alpha value is -1.80. The minimum absolute atomic E-state index is 0.198. The van der Waals surface area contributed by atoms with Crippen LogP contribution in [0.3, 0.4) is 0 Å². The highest BCUT2D eigenvalue weighted by atomic mass is 32.1. The Balaban J connectivity index is 2.69. The number of aromatic carboxylic acids is 1. The third-order valence-corrected chi connectivity index (χ3v) is 3.01. The molecule has 16 heavy (non-hydrogen) atoms. The molecule has 0 unspecified atom stereocenters. The van der Waals surface area contributed by atoms with E-state index in [1.54, 1.807) is 13.0 Å². The molecule has 0 saturated heterocycles. The van der Waals surface area contributed by atoms with Crippen molar-refractivity contribution in [3.63, 3.8) is 0 Å². The molecule has 4 nitrogen and oxygen atoms in total. The number of nitrogens with one attached hydrogen (secondary N) is 1. The number of carbonyl (C=O) groups is 2. The van der Waals surface area contributed by atoms with E-state index in [1.807, 2.05) is 0 Å². The number of thiophene rings is 1. The highest BCUT2D eigenvalue weighted by molar-refractivity contribution is 7.18. The predicted octanol–water partition coefficient (Wildman–Crippen LogP) is 2.11. The summed E-state index contributed by atoms with van der Waals surface area (Å²) in [6, 6.07) is 1.64. The quantitative estimate of drug-likeness (QED) is 0.788. The molecular formula is C11H11NO3S. The summed E-state index contributed by atoms with van der Waals surface area (Å²) in [5.74, 6) is 1.19. The van der Waals surface area contributed by atoms with Gasteiger partial charge in [0.1, 0.15) is 4.88 Å². The maximum absolute atomic E-state index is 11.3. The predicted molar refractivity (Wildman–Crippen MR) is 62.7 cm³/mol. The van der Waals surface area contributed by atoms with Crippen LogP contribution >= 0.6 is 11.3 Å². The zero-order valence-corrected chi connectivity index (χ0v) is 9.56. The van der Waals surface area contributed by atoms with Crippen molar-refractivity contribution in [1.82, 2.24) is 0 Å². The molecule has 0 aliphatic heterocycles. The zero-order chi connectivity index (χ0) is 12.1. The van der Waals surface area contributed by atoms with Crippen molar-refractivity contribution in [3.05, 3.63) is 16.5 Å². The zero-order valence-electron chi connectivity index (χ0n) is 8.74. The summed E-state index contributed by atoms with van der Waals surface area (Å²) in [6.07, 6.45) is 5.66. The lowest BCUT2D eigenvalue weighted by Gasteiger charge is -1.98. The van der Waals surface area contributed by atoms with Crippen molar-refractivity contribution in [2.24, 2.45) is 0 Å². The fourth-order valence-corrected chi connectivity index (χ4v) is 2.07. The first-order valence-corrected chi connectivity index (χ1v) is 5.43. The molecule has 2 N–H and O–H groups in total. The van der Waals surface area contributed by atoms with Gasteiger partial charge in [0, 0.05) is 12.8 Å². The molecule has 0 fully saturated rings. The van der Waals surface area contributed by atoms with Gasteiger partial charge in [-0.05, 0) is 18.6 Å². The van der Waals surface area contributed by atoms with Crippen LogP contribution in [-0.4, -0.2) is 17.0 Å². The van der Waals surface area contributed by atoms with Gasteiger partial charge in [0.25, 0.3) is 0 Å². The molecule has 0 spiro atoms. The van der Waals surface area contributed by atoms with Gasteiger partial charge in [-0.1, -0.05) is 0 Å². The molecule has 1 amide bonds. The second kappa shape index (κ2) is 5.33. The van der Waals surface area contributed by atoms with Gasteiger partial charge in [-0.3, -0.25) is 4.79 Å². The van der Waals surface area contributed by atoms with Crippen molar-refractivity contribution in [2.45, 2.75) is 19.8 Å². The average Bonchev–Trinajstić information content (AvgIpc) is 2.56. The van der Waals surface area contributed by atoms with Crippen LogP contribution < -0.4 is 5.32 Å². The van der Waals surface area contributed by atoms with Crippen LogP contribution in [0.4, 0.5) is 5.00 Å². The normalized spacial score (nSPS) is 9.50. The number of carboxylic acids is 1. The standard InChI is InChI=1S/C11H11NO3S/c1-3-4-5-8(13)12-9-6-7(2)10(16-9)11(14)15/h1,6H,4-5H2,2H3,(H,12,13)(H,14,15). The Kier molecular flexibility index (Phi) is 4.09. The number of aryl methyl sites for hydroxylation is 1. The van der Waals surface area contributed by atoms with Crippen molar-refractivity contribution in [1.29, 1.82) is 0 Å². The topological polar surface area (TPSA) is 66.4 Å². The molecule has 0 saturated carbocycles. The first-order chi connectivity index (χ1) is 7.54. The average molecular weight is 237 g/mol. The smallest absolute Gasteiger partial charge is 0.346 e. The summed E-state index contributed by atoms with van der Waals surface area (Å²) in [4.78, 5) is 22.3. The third kappa shape index (κ3) is 3.11. The van der Waals surface area contributed by atoms with Crippen molar-refractivity contribution in [2.75, 3.05) is 5.32 Å². The van der Waals surface area contributed by atoms with Gasteiger partial charge in [-0.15, -0.1) is 23.7 Å². The van der Waals surface area contributed by atoms with E-state index in [4.69, 9.17) is 11.5 Å². The highest BCUT2D eigenvalue weighted by Crippen LogP contribution is 2.26. The number of amides is 1. The maximum atomic E-state index is 11.3. The second-order valence-electron chi connectivity index (χ2n) is 3.18. The Bertz CT molecular complexity index is 456. The Morgan fingerprint density at radius 2 is 2.31 bits per heavy atom. The Morgan fingerprint density at radius 3 is 2.81 bits per heavy atom. The van der Waals surface area contributed by atoms with Gasteiger partial charge in [0.15, 0.2) is 0 Å². The number of carbonyl (C=O) groups excluding carboxylic acids is 1. The molecule has 0 aliphatic rings. The summed E-state index contributed by atoms with van der Waals surface area (Å²) in [5.41, 5.74) is 0.643. The van der Waals surface area contributed by atoms with Crippen LogP contribution in [0.5, 0.6) is 0 Å². The number of hydrogen-bond acceptors (Lipinski definition) is 3. The van der Waals surface area contributed by atoms with E-state index >= 15 is 0 Å². The van der Waals surface area contributed by atoms with E-state index in [2.05, 4.69) is 11.2 Å². The Labute approximate surface area is 97.3 Å². The van der Waals surface area contributed by atoms with Crippen LogP contribution in [0, 0.1) is 19.3 Å². The van der Waals surface area contributed by atoms with Crippen LogP contribution in [0.2, 0.25) is 0 Å². The fraction of sp³-hybridized carbons (Fsp3) is 0.273. The fourth-order valence-electron chi connectivity index (χ4n) is 1.14. The minimum Gasteiger partial charge on any atom is -0.477 e. The molecule has 0 aromatic carbocycles. The molecule has 0 bridgehead atoms. The number of carboxylic acid groups (broad SMARTS) is 1. The first kappa shape index (κ1) is 12.3. The van der Waals surface area contributed by atoms with Crippen LogP contribution in [0.1, 0.15) is 28.1 Å². The first-order valence-electron chi connectivity index (χ1n) is 4.61. The van der Waals surface area contributed by atoms with E-state index < -0.39 is 5.97 Å². The van der Waals surface area contributed by atoms with E-state index in [-0.39, 0.29) is 17.2 Å². The van der Waals surface area contributed by atoms with Gasteiger partial charge in [-0.25, -0.2) is 4.79 Å². The number of terminal acetylenes is 1. The molecule has 1 aromatic rings. The highest BCUT2D eigenvalue weighted by Gasteiger charge is 2.13. The van der Waals surface area contributed by atoms with E-state index in [1.165, 1.54) is 0 Å². The van der Waals surface area contributed by atoms with Gasteiger partial charge >= 0.3 is 5.97 Å². The van der Waals surface area contributed by atoms with Crippen LogP contribution in [0.15, 0.2) is 6.07 Å². The summed E-state index contributed by atoms with van der Waals surface area (Å²) < 4.78 is 0. The molecular weight excluding hydrogens is 226 g/mol. The number of rotatable bonds is 4. The lowest BCUT2D eigenvalue weighted by atomic mass is 10.3. The summed E-state index contributed by atoms with van der Waals surface area (Å²) in [5, 5.41) is 12.0. The van der Waals surface area contributed by atoms with E-state index in [9.17, 15) is 9.59 Å². The van der Waals surface area contributed by atoms with E-state index in [0.717, 1.165) is 11.3 Å². The molecule has 1 rings (SSSR count). The van der Waals surface area contributed by atoms with Crippen molar-refractivity contribution >= 4 is 28.2 Å². The molecule has 84 valence electrons. The molecule has 5 heteroatoms. The van der Waals surface area contributed by atoms with Gasteiger partial charge in [0.05, 0.1) is 5.00 Å².